The maximum Gasteiger partial charge on any atom is 0.232 e. The van der Waals surface area contributed by atoms with Gasteiger partial charge in [-0.3, -0.25) is 9.59 Å². The van der Waals surface area contributed by atoms with Crippen LogP contribution in [0.15, 0.2) is 18.6 Å². The highest BCUT2D eigenvalue weighted by Crippen LogP contribution is 2.41. The van der Waals surface area contributed by atoms with Crippen molar-refractivity contribution < 1.29 is 9.59 Å². The Morgan fingerprint density at radius 1 is 1.10 bits per heavy atom. The van der Waals surface area contributed by atoms with Crippen LogP contribution in [0, 0.1) is 5.92 Å². The third kappa shape index (κ3) is 5.39. The van der Waals surface area contributed by atoms with Crippen molar-refractivity contribution in [3.05, 3.63) is 34.3 Å². The van der Waals surface area contributed by atoms with Crippen LogP contribution in [0.4, 0.5) is 10.3 Å². The summed E-state index contributed by atoms with van der Waals surface area (Å²) in [4.78, 5) is 31.2. The van der Waals surface area contributed by atoms with Crippen LogP contribution in [0.2, 0.25) is 0 Å². The number of nitrogens with one attached hydrogen (secondary N) is 2. The molecule has 2 amide bonds. The first-order chi connectivity index (χ1) is 14.5. The quantitative estimate of drug-likeness (QED) is 0.567. The fourth-order valence-corrected chi connectivity index (χ4v) is 5.28. The van der Waals surface area contributed by atoms with Crippen molar-refractivity contribution in [3.8, 4) is 0 Å². The van der Waals surface area contributed by atoms with Crippen molar-refractivity contribution in [2.24, 2.45) is 5.92 Å². The van der Waals surface area contributed by atoms with E-state index in [9.17, 15) is 9.59 Å². The molecule has 0 aromatic carbocycles. The summed E-state index contributed by atoms with van der Waals surface area (Å²) in [5.74, 6) is 0.511. The van der Waals surface area contributed by atoms with Gasteiger partial charge >= 0.3 is 0 Å². The molecule has 30 heavy (non-hydrogen) atoms. The van der Waals surface area contributed by atoms with Crippen LogP contribution in [0.3, 0.4) is 0 Å². The molecular formula is C18H20N8O2S2. The standard InChI is InChI=1S/C18H20N8O2S2/c1-10(27)21-17-25-23-15(29-17)7-11-2-3-12(6-11)16-24-26-18(30-16)22-14(28)8-13-4-5-19-9-20-13/h4-5,9,11-12H,2-3,6-8H2,1H3,(H,21,25,27)(H,22,26,28)/t11-,12+/m0/s1. The lowest BCUT2D eigenvalue weighted by Crippen LogP contribution is -2.15. The van der Waals surface area contributed by atoms with Crippen molar-refractivity contribution in [1.82, 2.24) is 30.4 Å². The SMILES string of the molecule is CC(=O)Nc1nnc(C[C@H]2CC[C@@H](c3nnc(NC(=O)Cc4ccncn4)s3)C2)s1. The van der Waals surface area contributed by atoms with Crippen LogP contribution in [0.1, 0.15) is 47.8 Å². The number of hydrogen-bond acceptors (Lipinski definition) is 10. The minimum Gasteiger partial charge on any atom is -0.301 e. The Hall–Kier alpha value is -2.86. The van der Waals surface area contributed by atoms with Gasteiger partial charge in [0.1, 0.15) is 16.3 Å². The van der Waals surface area contributed by atoms with Crippen molar-refractivity contribution >= 4 is 44.8 Å². The molecule has 0 unspecified atom stereocenters. The second-order valence-corrected chi connectivity index (χ2v) is 9.20. The van der Waals surface area contributed by atoms with E-state index in [4.69, 9.17) is 0 Å². The third-order valence-corrected chi connectivity index (χ3v) is 6.64. The van der Waals surface area contributed by atoms with Crippen molar-refractivity contribution in [3.63, 3.8) is 0 Å². The summed E-state index contributed by atoms with van der Waals surface area (Å²) in [6.45, 7) is 1.46. The summed E-state index contributed by atoms with van der Waals surface area (Å²) in [5, 5.41) is 25.0. The van der Waals surface area contributed by atoms with Crippen LogP contribution in [-0.4, -0.2) is 42.2 Å². The molecule has 1 aliphatic rings. The molecule has 1 saturated carbocycles. The molecule has 12 heteroatoms. The van der Waals surface area contributed by atoms with Gasteiger partial charge in [0.25, 0.3) is 0 Å². The van der Waals surface area contributed by atoms with Crippen molar-refractivity contribution in [1.29, 1.82) is 0 Å². The van der Waals surface area contributed by atoms with Gasteiger partial charge in [-0.25, -0.2) is 9.97 Å². The first-order valence-electron chi connectivity index (χ1n) is 9.53. The van der Waals surface area contributed by atoms with Crippen LogP contribution in [-0.2, 0) is 22.4 Å². The zero-order valence-corrected chi connectivity index (χ0v) is 17.9. The predicted molar refractivity (Wildman–Crippen MR) is 112 cm³/mol. The first-order valence-corrected chi connectivity index (χ1v) is 11.2. The second-order valence-electron chi connectivity index (χ2n) is 7.13. The highest BCUT2D eigenvalue weighted by atomic mass is 32.1. The van der Waals surface area contributed by atoms with E-state index in [0.717, 1.165) is 35.7 Å². The van der Waals surface area contributed by atoms with Gasteiger partial charge in [-0.05, 0) is 31.2 Å². The molecule has 3 aromatic rings. The fraction of sp³-hybridized carbons (Fsp3) is 0.444. The summed E-state index contributed by atoms with van der Waals surface area (Å²) < 4.78 is 0. The number of hydrogen-bond donors (Lipinski definition) is 2. The van der Waals surface area contributed by atoms with Crippen LogP contribution in [0.25, 0.3) is 0 Å². The molecule has 3 heterocycles. The lowest BCUT2D eigenvalue weighted by Gasteiger charge is -2.06. The molecule has 1 aliphatic carbocycles. The molecule has 1 fully saturated rings. The molecule has 2 N–H and O–H groups in total. The number of aromatic nitrogens is 6. The maximum absolute atomic E-state index is 12.2. The van der Waals surface area contributed by atoms with Crippen LogP contribution >= 0.6 is 22.7 Å². The molecule has 0 bridgehead atoms. The van der Waals surface area contributed by atoms with E-state index in [1.807, 2.05) is 0 Å². The van der Waals surface area contributed by atoms with Gasteiger partial charge in [-0.2, -0.15) is 0 Å². The van der Waals surface area contributed by atoms with Crippen LogP contribution in [0.5, 0.6) is 0 Å². The molecule has 0 saturated heterocycles. The van der Waals surface area contributed by atoms with E-state index in [2.05, 4.69) is 41.0 Å². The van der Waals surface area contributed by atoms with E-state index in [-0.39, 0.29) is 18.2 Å². The lowest BCUT2D eigenvalue weighted by atomic mass is 10.0. The Morgan fingerprint density at radius 2 is 1.93 bits per heavy atom. The smallest absolute Gasteiger partial charge is 0.232 e. The van der Waals surface area contributed by atoms with E-state index in [1.54, 1.807) is 12.3 Å². The minimum absolute atomic E-state index is 0.144. The molecule has 3 aromatic heterocycles. The average Bonchev–Trinajstić information content (AvgIpc) is 3.44. The van der Waals surface area contributed by atoms with Gasteiger partial charge in [0.2, 0.25) is 22.1 Å². The average molecular weight is 445 g/mol. The zero-order valence-electron chi connectivity index (χ0n) is 16.2. The van der Waals surface area contributed by atoms with Gasteiger partial charge in [-0.1, -0.05) is 22.7 Å². The molecule has 0 aliphatic heterocycles. The molecule has 4 rings (SSSR count). The molecule has 0 spiro atoms. The van der Waals surface area contributed by atoms with E-state index >= 15 is 0 Å². The van der Waals surface area contributed by atoms with Gasteiger partial charge in [0.15, 0.2) is 0 Å². The number of carbonyl (C=O) groups excluding carboxylic acids is 2. The molecule has 0 radical (unpaired) electrons. The Labute approximate surface area is 180 Å². The maximum atomic E-state index is 12.2. The Balaban J connectivity index is 1.28. The number of amides is 2. The second kappa shape index (κ2) is 9.30. The summed E-state index contributed by atoms with van der Waals surface area (Å²) >= 11 is 2.85. The lowest BCUT2D eigenvalue weighted by molar-refractivity contribution is -0.116. The Bertz CT molecular complexity index is 1020. The third-order valence-electron chi connectivity index (χ3n) is 4.78. The molecule has 156 valence electrons. The van der Waals surface area contributed by atoms with Gasteiger partial charge < -0.3 is 10.6 Å². The summed E-state index contributed by atoms with van der Waals surface area (Å²) in [5.41, 5.74) is 0.657. The topological polar surface area (TPSA) is 136 Å². The first kappa shape index (κ1) is 20.4. The number of nitrogens with zero attached hydrogens (tertiary/aromatic N) is 6. The Morgan fingerprint density at radius 3 is 2.73 bits per heavy atom. The van der Waals surface area contributed by atoms with E-state index in [1.165, 1.54) is 35.9 Å². The van der Waals surface area contributed by atoms with E-state index < -0.39 is 0 Å². The minimum atomic E-state index is -0.174. The molecular weight excluding hydrogens is 424 g/mol. The summed E-state index contributed by atoms with van der Waals surface area (Å²) in [6, 6.07) is 1.71. The summed E-state index contributed by atoms with van der Waals surface area (Å²) in [7, 11) is 0. The predicted octanol–water partition coefficient (Wildman–Crippen LogP) is 2.45. The molecule has 2 atom stereocenters. The summed E-state index contributed by atoms with van der Waals surface area (Å²) in [6.07, 6.45) is 7.15. The fourth-order valence-electron chi connectivity index (χ4n) is 3.47. The van der Waals surface area contributed by atoms with Gasteiger partial charge in [0.05, 0.1) is 12.1 Å². The van der Waals surface area contributed by atoms with Gasteiger partial charge in [0, 0.05) is 25.5 Å². The number of carbonyl (C=O) groups is 2. The van der Waals surface area contributed by atoms with Gasteiger partial charge in [-0.15, -0.1) is 20.4 Å². The zero-order chi connectivity index (χ0) is 20.9. The highest BCUT2D eigenvalue weighted by molar-refractivity contribution is 7.15. The number of rotatable bonds is 7. The number of anilines is 2. The van der Waals surface area contributed by atoms with E-state index in [0.29, 0.717) is 27.8 Å². The molecule has 10 nitrogen and oxygen atoms in total. The van der Waals surface area contributed by atoms with Crippen molar-refractivity contribution in [2.45, 2.75) is 44.9 Å². The van der Waals surface area contributed by atoms with Crippen LogP contribution < -0.4 is 10.6 Å². The Kier molecular flexibility index (Phi) is 6.33. The highest BCUT2D eigenvalue weighted by Gasteiger charge is 2.29. The monoisotopic (exact) mass is 444 g/mol. The normalized spacial score (nSPS) is 18.3. The largest absolute Gasteiger partial charge is 0.301 e. The van der Waals surface area contributed by atoms with Crippen molar-refractivity contribution in [2.75, 3.05) is 10.6 Å².